The van der Waals surface area contributed by atoms with Gasteiger partial charge in [0.25, 0.3) is 0 Å². The standard InChI is InChI=1S/C9H17NO2/c1-10-6-2-4-8(11)9(12)5-3-7-10/h8,11H,2-7H2,1H3. The van der Waals surface area contributed by atoms with Crippen molar-refractivity contribution in [1.82, 2.24) is 4.90 Å². The molecule has 0 bridgehead atoms. The van der Waals surface area contributed by atoms with Crippen molar-refractivity contribution in [3.05, 3.63) is 0 Å². The third-order valence-electron chi connectivity index (χ3n) is 2.35. The average molecular weight is 171 g/mol. The summed E-state index contributed by atoms with van der Waals surface area (Å²) < 4.78 is 0. The fourth-order valence-corrected chi connectivity index (χ4v) is 1.52. The Morgan fingerprint density at radius 3 is 2.83 bits per heavy atom. The molecule has 0 aliphatic carbocycles. The van der Waals surface area contributed by atoms with Crippen molar-refractivity contribution in [2.24, 2.45) is 0 Å². The molecule has 1 rings (SSSR count). The van der Waals surface area contributed by atoms with Gasteiger partial charge < -0.3 is 10.0 Å². The number of Topliss-reactive ketones (excluding diaryl/α,β-unsaturated/α-hetero) is 1. The van der Waals surface area contributed by atoms with E-state index in [1.807, 2.05) is 0 Å². The molecule has 0 aromatic carbocycles. The van der Waals surface area contributed by atoms with Gasteiger partial charge in [0.1, 0.15) is 6.10 Å². The molecule has 1 heterocycles. The lowest BCUT2D eigenvalue weighted by Crippen LogP contribution is -2.20. The van der Waals surface area contributed by atoms with E-state index in [0.29, 0.717) is 12.8 Å². The van der Waals surface area contributed by atoms with E-state index in [0.717, 1.165) is 25.9 Å². The Kier molecular flexibility index (Phi) is 3.69. The lowest BCUT2D eigenvalue weighted by Gasteiger charge is -2.13. The van der Waals surface area contributed by atoms with Crippen LogP contribution >= 0.6 is 0 Å². The molecule has 1 N–H and O–H groups in total. The summed E-state index contributed by atoms with van der Waals surface area (Å²) in [4.78, 5) is 13.4. The van der Waals surface area contributed by atoms with Gasteiger partial charge in [-0.1, -0.05) is 0 Å². The maximum Gasteiger partial charge on any atom is 0.161 e. The first-order valence-corrected chi connectivity index (χ1v) is 4.59. The molecule has 3 heteroatoms. The van der Waals surface area contributed by atoms with Crippen LogP contribution in [0.3, 0.4) is 0 Å². The molecule has 1 aliphatic heterocycles. The van der Waals surface area contributed by atoms with Crippen LogP contribution in [-0.2, 0) is 4.79 Å². The molecular formula is C9H17NO2. The summed E-state index contributed by atoms with van der Waals surface area (Å²) in [5.41, 5.74) is 0. The molecule has 1 unspecified atom stereocenters. The number of carbonyl (C=O) groups excluding carboxylic acids is 1. The number of hydrogen-bond acceptors (Lipinski definition) is 3. The maximum absolute atomic E-state index is 11.2. The zero-order valence-electron chi connectivity index (χ0n) is 7.62. The Bertz CT molecular complexity index is 159. The molecular weight excluding hydrogens is 154 g/mol. The highest BCUT2D eigenvalue weighted by Gasteiger charge is 2.16. The average Bonchev–Trinajstić information content (AvgIpc) is 2.08. The van der Waals surface area contributed by atoms with Gasteiger partial charge >= 0.3 is 0 Å². The fourth-order valence-electron chi connectivity index (χ4n) is 1.52. The molecule has 0 spiro atoms. The van der Waals surface area contributed by atoms with E-state index in [1.54, 1.807) is 0 Å². The molecule has 0 radical (unpaired) electrons. The monoisotopic (exact) mass is 171 g/mol. The van der Waals surface area contributed by atoms with Gasteiger partial charge in [-0.3, -0.25) is 4.79 Å². The highest BCUT2D eigenvalue weighted by atomic mass is 16.3. The van der Waals surface area contributed by atoms with Crippen molar-refractivity contribution >= 4 is 5.78 Å². The number of aliphatic hydroxyl groups is 1. The molecule has 1 saturated heterocycles. The van der Waals surface area contributed by atoms with Crippen LogP contribution in [-0.4, -0.2) is 42.0 Å². The second-order valence-electron chi connectivity index (χ2n) is 3.53. The third-order valence-corrected chi connectivity index (χ3v) is 2.35. The van der Waals surface area contributed by atoms with E-state index in [-0.39, 0.29) is 5.78 Å². The Morgan fingerprint density at radius 2 is 2.08 bits per heavy atom. The number of hydrogen-bond donors (Lipinski definition) is 1. The van der Waals surface area contributed by atoms with Gasteiger partial charge in [0, 0.05) is 6.42 Å². The number of aliphatic hydroxyl groups excluding tert-OH is 1. The SMILES string of the molecule is CN1CCCC(=O)C(O)CCC1. The Morgan fingerprint density at radius 1 is 1.42 bits per heavy atom. The van der Waals surface area contributed by atoms with Crippen LogP contribution < -0.4 is 0 Å². The van der Waals surface area contributed by atoms with Crippen LogP contribution in [0.5, 0.6) is 0 Å². The predicted molar refractivity (Wildman–Crippen MR) is 47.0 cm³/mol. The Labute approximate surface area is 73.4 Å². The van der Waals surface area contributed by atoms with E-state index in [4.69, 9.17) is 0 Å². The predicted octanol–water partition coefficient (Wildman–Crippen LogP) is 0.422. The van der Waals surface area contributed by atoms with E-state index >= 15 is 0 Å². The highest BCUT2D eigenvalue weighted by Crippen LogP contribution is 2.07. The number of rotatable bonds is 0. The second-order valence-corrected chi connectivity index (χ2v) is 3.53. The lowest BCUT2D eigenvalue weighted by molar-refractivity contribution is -0.127. The minimum Gasteiger partial charge on any atom is -0.385 e. The number of ketones is 1. The van der Waals surface area contributed by atoms with Crippen molar-refractivity contribution in [2.45, 2.75) is 31.8 Å². The topological polar surface area (TPSA) is 40.5 Å². The zero-order valence-corrected chi connectivity index (χ0v) is 7.62. The molecule has 1 aliphatic rings. The Hall–Kier alpha value is -0.410. The summed E-state index contributed by atoms with van der Waals surface area (Å²) in [5, 5.41) is 9.33. The van der Waals surface area contributed by atoms with Crippen molar-refractivity contribution in [3.63, 3.8) is 0 Å². The molecule has 0 amide bonds. The summed E-state index contributed by atoms with van der Waals surface area (Å²) in [6, 6.07) is 0. The third kappa shape index (κ3) is 2.91. The molecule has 0 aromatic rings. The van der Waals surface area contributed by atoms with E-state index in [2.05, 4.69) is 11.9 Å². The first-order valence-electron chi connectivity index (χ1n) is 4.59. The zero-order chi connectivity index (χ0) is 8.97. The smallest absolute Gasteiger partial charge is 0.161 e. The van der Waals surface area contributed by atoms with Crippen molar-refractivity contribution in [2.75, 3.05) is 20.1 Å². The summed E-state index contributed by atoms with van der Waals surface area (Å²) in [7, 11) is 2.06. The quantitative estimate of drug-likeness (QED) is 0.574. The van der Waals surface area contributed by atoms with Crippen LogP contribution in [0, 0.1) is 0 Å². The minimum atomic E-state index is -0.698. The van der Waals surface area contributed by atoms with Gasteiger partial charge in [0.05, 0.1) is 0 Å². The number of carbonyl (C=O) groups is 1. The van der Waals surface area contributed by atoms with E-state index in [9.17, 15) is 9.90 Å². The van der Waals surface area contributed by atoms with Gasteiger partial charge in [0.2, 0.25) is 0 Å². The van der Waals surface area contributed by atoms with Crippen LogP contribution in [0.25, 0.3) is 0 Å². The molecule has 0 saturated carbocycles. The van der Waals surface area contributed by atoms with Gasteiger partial charge in [-0.05, 0) is 39.4 Å². The van der Waals surface area contributed by atoms with Crippen LogP contribution in [0.1, 0.15) is 25.7 Å². The molecule has 70 valence electrons. The summed E-state index contributed by atoms with van der Waals surface area (Å²) >= 11 is 0. The van der Waals surface area contributed by atoms with Crippen molar-refractivity contribution in [1.29, 1.82) is 0 Å². The minimum absolute atomic E-state index is 0.0188. The summed E-state index contributed by atoms with van der Waals surface area (Å²) in [6.07, 6.45) is 2.27. The Balaban J connectivity index is 2.41. The lowest BCUT2D eigenvalue weighted by atomic mass is 10.1. The van der Waals surface area contributed by atoms with Crippen molar-refractivity contribution < 1.29 is 9.90 Å². The normalized spacial score (nSPS) is 29.2. The molecule has 1 atom stereocenters. The second kappa shape index (κ2) is 4.58. The molecule has 12 heavy (non-hydrogen) atoms. The van der Waals surface area contributed by atoms with Gasteiger partial charge in [-0.2, -0.15) is 0 Å². The molecule has 1 fully saturated rings. The van der Waals surface area contributed by atoms with Crippen LogP contribution in [0.4, 0.5) is 0 Å². The van der Waals surface area contributed by atoms with Crippen LogP contribution in [0.15, 0.2) is 0 Å². The maximum atomic E-state index is 11.2. The summed E-state index contributed by atoms with van der Waals surface area (Å²) in [5.74, 6) is 0.0188. The van der Waals surface area contributed by atoms with Gasteiger partial charge in [-0.25, -0.2) is 0 Å². The first-order chi connectivity index (χ1) is 5.70. The van der Waals surface area contributed by atoms with Crippen molar-refractivity contribution in [3.8, 4) is 0 Å². The summed E-state index contributed by atoms with van der Waals surface area (Å²) in [6.45, 7) is 1.96. The molecule has 0 aromatic heterocycles. The van der Waals surface area contributed by atoms with Gasteiger partial charge in [-0.15, -0.1) is 0 Å². The molecule has 3 nitrogen and oxygen atoms in total. The number of nitrogens with zero attached hydrogens (tertiary/aromatic N) is 1. The van der Waals surface area contributed by atoms with E-state index < -0.39 is 6.10 Å². The fraction of sp³-hybridized carbons (Fsp3) is 0.889. The van der Waals surface area contributed by atoms with Crippen LogP contribution in [0.2, 0.25) is 0 Å². The largest absolute Gasteiger partial charge is 0.385 e. The highest BCUT2D eigenvalue weighted by molar-refractivity contribution is 5.82. The van der Waals surface area contributed by atoms with E-state index in [1.165, 1.54) is 0 Å². The van der Waals surface area contributed by atoms with Gasteiger partial charge in [0.15, 0.2) is 5.78 Å². The first kappa shape index (κ1) is 9.68.